The number of rotatable bonds is 8. The second-order valence-electron chi connectivity index (χ2n) is 6.19. The van der Waals surface area contributed by atoms with E-state index in [-0.39, 0.29) is 0 Å². The Labute approximate surface area is 149 Å². The molecule has 25 heavy (non-hydrogen) atoms. The van der Waals surface area contributed by atoms with Gasteiger partial charge >= 0.3 is 0 Å². The third kappa shape index (κ3) is 3.83. The highest BCUT2D eigenvalue weighted by molar-refractivity contribution is 6.02. The monoisotopic (exact) mass is 335 g/mol. The largest absolute Gasteiger partial charge is 0.366 e. The summed E-state index contributed by atoms with van der Waals surface area (Å²) in [5.41, 5.74) is 10.7. The van der Waals surface area contributed by atoms with Gasteiger partial charge in [0, 0.05) is 23.5 Å². The van der Waals surface area contributed by atoms with Gasteiger partial charge in [-0.05, 0) is 37.5 Å². The van der Waals surface area contributed by atoms with Crippen molar-refractivity contribution < 1.29 is 4.79 Å². The van der Waals surface area contributed by atoms with Crippen molar-refractivity contribution in [1.29, 1.82) is 5.26 Å². The molecule has 2 N–H and O–H groups in total. The molecule has 0 aliphatic carbocycles. The molecule has 2 rings (SSSR count). The number of amides is 1. The number of hydrogen-bond donors (Lipinski definition) is 1. The van der Waals surface area contributed by atoms with Crippen LogP contribution < -0.4 is 5.73 Å². The number of hydrogen-bond acceptors (Lipinski definition) is 2. The molecule has 1 aromatic heterocycles. The van der Waals surface area contributed by atoms with Gasteiger partial charge in [0.15, 0.2) is 0 Å². The quantitative estimate of drug-likeness (QED) is 0.575. The Morgan fingerprint density at radius 1 is 1.32 bits per heavy atom. The summed E-state index contributed by atoms with van der Waals surface area (Å²) in [5.74, 6) is -0.420. The number of allylic oxidation sites excluding steroid dienone is 1. The fourth-order valence-corrected chi connectivity index (χ4v) is 3.30. The molecular weight excluding hydrogens is 310 g/mol. The van der Waals surface area contributed by atoms with E-state index in [1.54, 1.807) is 12.1 Å². The molecule has 1 amide bonds. The summed E-state index contributed by atoms with van der Waals surface area (Å²) in [6.07, 6.45) is 6.04. The predicted molar refractivity (Wildman–Crippen MR) is 101 cm³/mol. The van der Waals surface area contributed by atoms with E-state index < -0.39 is 5.91 Å². The van der Waals surface area contributed by atoms with Crippen LogP contribution in [-0.4, -0.2) is 10.5 Å². The first-order chi connectivity index (χ1) is 12.0. The van der Waals surface area contributed by atoms with Gasteiger partial charge in [0.25, 0.3) is 5.91 Å². The highest BCUT2D eigenvalue weighted by atomic mass is 16.1. The summed E-state index contributed by atoms with van der Waals surface area (Å²) in [7, 11) is 0. The average molecular weight is 335 g/mol. The smallest absolute Gasteiger partial charge is 0.251 e. The zero-order valence-electron chi connectivity index (χ0n) is 15.0. The van der Waals surface area contributed by atoms with Crippen molar-refractivity contribution in [2.24, 2.45) is 5.73 Å². The number of unbranched alkanes of at least 4 members (excludes halogenated alkanes) is 2. The Morgan fingerprint density at radius 2 is 2.00 bits per heavy atom. The average Bonchev–Trinajstić information content (AvgIpc) is 2.88. The molecule has 0 unspecified atom stereocenters. The van der Waals surface area contributed by atoms with Crippen LogP contribution in [0.15, 0.2) is 36.9 Å². The molecule has 0 atom stereocenters. The second kappa shape index (κ2) is 8.34. The van der Waals surface area contributed by atoms with E-state index >= 15 is 0 Å². The first kappa shape index (κ1) is 18.5. The predicted octanol–water partition coefficient (Wildman–Crippen LogP) is 4.35. The van der Waals surface area contributed by atoms with Crippen LogP contribution in [0.25, 0.3) is 11.1 Å². The Bertz CT molecular complexity index is 807. The molecule has 2 aromatic rings. The lowest BCUT2D eigenvalue weighted by molar-refractivity contribution is 0.1000. The van der Waals surface area contributed by atoms with Crippen molar-refractivity contribution in [1.82, 2.24) is 4.57 Å². The van der Waals surface area contributed by atoms with Crippen LogP contribution in [0.3, 0.4) is 0 Å². The minimum Gasteiger partial charge on any atom is -0.366 e. The fraction of sp³-hybridized carbons (Fsp3) is 0.333. The first-order valence-corrected chi connectivity index (χ1v) is 8.68. The van der Waals surface area contributed by atoms with Gasteiger partial charge in [-0.1, -0.05) is 38.0 Å². The van der Waals surface area contributed by atoms with E-state index in [0.29, 0.717) is 17.7 Å². The summed E-state index contributed by atoms with van der Waals surface area (Å²) in [6, 6.07) is 9.45. The number of nitrogens with two attached hydrogens (primary N) is 1. The normalized spacial score (nSPS) is 10.4. The standard InChI is InChI=1S/C21H25N3O/c1-4-6-7-8-18-20(17-11-9-16(14-22)10-12-17)19(21(23)25)15(3)24(18)13-5-2/h5,9-12H,2,4,6-8,13H2,1,3H3,(H2,23,25). The molecule has 0 aliphatic rings. The number of carbonyl (C=O) groups is 1. The van der Waals surface area contributed by atoms with E-state index in [4.69, 9.17) is 11.0 Å². The van der Waals surface area contributed by atoms with Gasteiger partial charge in [0.2, 0.25) is 0 Å². The summed E-state index contributed by atoms with van der Waals surface area (Å²) in [5, 5.41) is 9.02. The molecular formula is C21H25N3O. The number of primary amides is 1. The van der Waals surface area contributed by atoms with E-state index in [1.165, 1.54) is 0 Å². The van der Waals surface area contributed by atoms with Crippen molar-refractivity contribution in [2.75, 3.05) is 0 Å². The molecule has 0 saturated carbocycles. The van der Waals surface area contributed by atoms with Crippen molar-refractivity contribution >= 4 is 5.91 Å². The van der Waals surface area contributed by atoms with Gasteiger partial charge in [-0.15, -0.1) is 6.58 Å². The number of nitrogens with zero attached hydrogens (tertiary/aromatic N) is 2. The third-order valence-electron chi connectivity index (χ3n) is 4.51. The number of nitriles is 1. The highest BCUT2D eigenvalue weighted by Crippen LogP contribution is 2.34. The Kier molecular flexibility index (Phi) is 6.19. The molecule has 0 bridgehead atoms. The molecule has 0 spiro atoms. The molecule has 0 fully saturated rings. The van der Waals surface area contributed by atoms with E-state index in [2.05, 4.69) is 24.1 Å². The Morgan fingerprint density at radius 3 is 2.52 bits per heavy atom. The van der Waals surface area contributed by atoms with Crippen LogP contribution in [0, 0.1) is 18.3 Å². The molecule has 0 radical (unpaired) electrons. The molecule has 0 aliphatic heterocycles. The summed E-state index contributed by atoms with van der Waals surface area (Å²) < 4.78 is 2.14. The molecule has 1 aromatic carbocycles. The van der Waals surface area contributed by atoms with Gasteiger partial charge in [-0.2, -0.15) is 5.26 Å². The van der Waals surface area contributed by atoms with Gasteiger partial charge < -0.3 is 10.3 Å². The molecule has 0 saturated heterocycles. The Hall–Kier alpha value is -2.80. The lowest BCUT2D eigenvalue weighted by Gasteiger charge is -2.11. The Balaban J connectivity index is 2.67. The molecule has 1 heterocycles. The maximum atomic E-state index is 12.2. The summed E-state index contributed by atoms with van der Waals surface area (Å²) in [4.78, 5) is 12.2. The van der Waals surface area contributed by atoms with Gasteiger partial charge in [-0.25, -0.2) is 0 Å². The lowest BCUT2D eigenvalue weighted by Crippen LogP contribution is -2.13. The van der Waals surface area contributed by atoms with Gasteiger partial charge in [0.05, 0.1) is 17.2 Å². The number of carbonyl (C=O) groups excluding carboxylic acids is 1. The highest BCUT2D eigenvalue weighted by Gasteiger charge is 2.24. The van der Waals surface area contributed by atoms with E-state index in [9.17, 15) is 4.79 Å². The van der Waals surface area contributed by atoms with Crippen molar-refractivity contribution in [3.05, 3.63) is 59.4 Å². The number of benzene rings is 1. The number of aromatic nitrogens is 1. The minimum absolute atomic E-state index is 0.420. The maximum absolute atomic E-state index is 12.2. The van der Waals surface area contributed by atoms with Crippen molar-refractivity contribution in [3.63, 3.8) is 0 Å². The second-order valence-corrected chi connectivity index (χ2v) is 6.19. The zero-order valence-corrected chi connectivity index (χ0v) is 15.0. The molecule has 4 heteroatoms. The van der Waals surface area contributed by atoms with E-state index in [0.717, 1.165) is 48.2 Å². The zero-order chi connectivity index (χ0) is 18.4. The lowest BCUT2D eigenvalue weighted by atomic mass is 9.96. The van der Waals surface area contributed by atoms with Crippen LogP contribution in [0.5, 0.6) is 0 Å². The van der Waals surface area contributed by atoms with Crippen molar-refractivity contribution in [2.45, 2.75) is 46.1 Å². The fourth-order valence-electron chi connectivity index (χ4n) is 3.30. The van der Waals surface area contributed by atoms with Crippen LogP contribution >= 0.6 is 0 Å². The molecule has 4 nitrogen and oxygen atoms in total. The molecule has 130 valence electrons. The van der Waals surface area contributed by atoms with Crippen molar-refractivity contribution in [3.8, 4) is 17.2 Å². The van der Waals surface area contributed by atoms with Gasteiger partial charge in [-0.3, -0.25) is 4.79 Å². The van der Waals surface area contributed by atoms with E-state index in [1.807, 2.05) is 25.1 Å². The third-order valence-corrected chi connectivity index (χ3v) is 4.51. The first-order valence-electron chi connectivity index (χ1n) is 8.68. The van der Waals surface area contributed by atoms with Gasteiger partial charge in [0.1, 0.15) is 0 Å². The summed E-state index contributed by atoms with van der Waals surface area (Å²) in [6.45, 7) is 8.59. The topological polar surface area (TPSA) is 71.8 Å². The minimum atomic E-state index is -0.420. The van der Waals surface area contributed by atoms with Crippen LogP contribution in [-0.2, 0) is 13.0 Å². The van der Waals surface area contributed by atoms with Crippen LogP contribution in [0.1, 0.15) is 53.5 Å². The van der Waals surface area contributed by atoms with Crippen LogP contribution in [0.2, 0.25) is 0 Å². The summed E-state index contributed by atoms with van der Waals surface area (Å²) >= 11 is 0. The SMILES string of the molecule is C=CCn1c(C)c(C(N)=O)c(-c2ccc(C#N)cc2)c1CCCCC. The maximum Gasteiger partial charge on any atom is 0.251 e. The van der Waals surface area contributed by atoms with Crippen LogP contribution in [0.4, 0.5) is 0 Å².